The van der Waals surface area contributed by atoms with E-state index in [9.17, 15) is 9.18 Å². The van der Waals surface area contributed by atoms with Gasteiger partial charge in [0.2, 0.25) is 5.91 Å². The van der Waals surface area contributed by atoms with Crippen molar-refractivity contribution < 1.29 is 9.18 Å². The summed E-state index contributed by atoms with van der Waals surface area (Å²) < 4.78 is 12.6. The lowest BCUT2D eigenvalue weighted by Gasteiger charge is -2.04. The number of nitrogens with two attached hydrogens (primary N) is 1. The van der Waals surface area contributed by atoms with Crippen LogP contribution in [0.3, 0.4) is 0 Å². The molecule has 0 bridgehead atoms. The van der Waals surface area contributed by atoms with E-state index in [0.29, 0.717) is 18.7 Å². The number of carbonyl (C=O) groups is 1. The van der Waals surface area contributed by atoms with Gasteiger partial charge in [0.25, 0.3) is 0 Å². The van der Waals surface area contributed by atoms with Crippen molar-refractivity contribution in [3.05, 3.63) is 30.1 Å². The molecule has 102 valence electrons. The van der Waals surface area contributed by atoms with Gasteiger partial charge in [-0.2, -0.15) is 0 Å². The summed E-state index contributed by atoms with van der Waals surface area (Å²) in [5.74, 6) is -0.325. The van der Waals surface area contributed by atoms with Gasteiger partial charge < -0.3 is 11.1 Å². The summed E-state index contributed by atoms with van der Waals surface area (Å²) in [5, 5.41) is 2.73. The Morgan fingerprint density at radius 2 is 1.72 bits per heavy atom. The van der Waals surface area contributed by atoms with Crippen LogP contribution in [0.2, 0.25) is 0 Å². The smallest absolute Gasteiger partial charge is 0.224 e. The second kappa shape index (κ2) is 9.85. The van der Waals surface area contributed by atoms with Crippen molar-refractivity contribution in [3.8, 4) is 0 Å². The maximum Gasteiger partial charge on any atom is 0.224 e. The van der Waals surface area contributed by atoms with Crippen molar-refractivity contribution in [1.82, 2.24) is 0 Å². The van der Waals surface area contributed by atoms with Crippen LogP contribution < -0.4 is 11.1 Å². The Labute approximate surface area is 113 Å². The largest absolute Gasteiger partial charge is 0.330 e. The van der Waals surface area contributed by atoms with E-state index in [0.717, 1.165) is 25.7 Å². The third kappa shape index (κ3) is 7.25. The van der Waals surface area contributed by atoms with Gasteiger partial charge in [-0.25, -0.2) is 4.39 Å². The van der Waals surface area contributed by atoms with E-state index in [2.05, 4.69) is 5.32 Å². The van der Waals surface area contributed by atoms with Crippen molar-refractivity contribution in [3.63, 3.8) is 0 Å². The summed E-state index contributed by atoms with van der Waals surface area (Å²) in [7, 11) is 0. The Balaban J connectivity index is 0.00000289. The van der Waals surface area contributed by atoms with Gasteiger partial charge >= 0.3 is 0 Å². The van der Waals surface area contributed by atoms with Crippen molar-refractivity contribution in [2.75, 3.05) is 11.9 Å². The van der Waals surface area contributed by atoms with E-state index in [1.54, 1.807) is 12.1 Å². The van der Waals surface area contributed by atoms with Gasteiger partial charge in [0.15, 0.2) is 0 Å². The van der Waals surface area contributed by atoms with Crippen LogP contribution in [0, 0.1) is 5.82 Å². The third-order valence-electron chi connectivity index (χ3n) is 2.49. The highest BCUT2D eigenvalue weighted by Crippen LogP contribution is 2.10. The zero-order valence-electron chi connectivity index (χ0n) is 10.3. The number of hydrogen-bond donors (Lipinski definition) is 2. The number of anilines is 1. The van der Waals surface area contributed by atoms with Crippen LogP contribution in [0.1, 0.15) is 32.1 Å². The SMILES string of the molecule is Cl.NCCCCCCC(=O)Nc1ccc(F)cc1. The molecule has 1 aromatic rings. The molecule has 0 aliphatic carbocycles. The lowest BCUT2D eigenvalue weighted by atomic mass is 10.1. The second-order valence-electron chi connectivity index (χ2n) is 4.01. The van der Waals surface area contributed by atoms with Gasteiger partial charge in [0, 0.05) is 12.1 Å². The van der Waals surface area contributed by atoms with Crippen LogP contribution in [0.15, 0.2) is 24.3 Å². The zero-order chi connectivity index (χ0) is 12.5. The fourth-order valence-corrected chi connectivity index (χ4v) is 1.54. The molecule has 1 aromatic carbocycles. The van der Waals surface area contributed by atoms with Gasteiger partial charge in [0.1, 0.15) is 5.82 Å². The van der Waals surface area contributed by atoms with Gasteiger partial charge in [-0.15, -0.1) is 12.4 Å². The van der Waals surface area contributed by atoms with Crippen molar-refractivity contribution in [2.24, 2.45) is 5.73 Å². The standard InChI is InChI=1S/C13H19FN2O.ClH/c14-11-6-8-12(9-7-11)16-13(17)5-3-1-2-4-10-15;/h6-9H,1-5,10,15H2,(H,16,17);1H. The minimum absolute atomic E-state index is 0. The second-order valence-corrected chi connectivity index (χ2v) is 4.01. The fraction of sp³-hybridized carbons (Fsp3) is 0.462. The van der Waals surface area contributed by atoms with Crippen molar-refractivity contribution >= 4 is 24.0 Å². The molecule has 0 aliphatic heterocycles. The van der Waals surface area contributed by atoms with Gasteiger partial charge in [-0.05, 0) is 43.7 Å². The Hall–Kier alpha value is -1.13. The normalized spacial score (nSPS) is 9.67. The molecule has 0 radical (unpaired) electrons. The molecule has 3 nitrogen and oxygen atoms in total. The van der Waals surface area contributed by atoms with Crippen LogP contribution in [0.25, 0.3) is 0 Å². The van der Waals surface area contributed by atoms with Crippen LogP contribution in [0.4, 0.5) is 10.1 Å². The predicted octanol–water partition coefficient (Wildman–Crippen LogP) is 3.10. The molecule has 0 unspecified atom stereocenters. The Kier molecular flexibility index (Phi) is 9.24. The van der Waals surface area contributed by atoms with E-state index in [4.69, 9.17) is 5.73 Å². The summed E-state index contributed by atoms with van der Waals surface area (Å²) in [6.07, 6.45) is 4.48. The van der Waals surface area contributed by atoms with Crippen molar-refractivity contribution in [1.29, 1.82) is 0 Å². The van der Waals surface area contributed by atoms with E-state index >= 15 is 0 Å². The van der Waals surface area contributed by atoms with Gasteiger partial charge in [0.05, 0.1) is 0 Å². The quantitative estimate of drug-likeness (QED) is 0.751. The molecule has 0 heterocycles. The maximum absolute atomic E-state index is 12.6. The highest BCUT2D eigenvalue weighted by atomic mass is 35.5. The summed E-state index contributed by atoms with van der Waals surface area (Å²) in [6, 6.07) is 5.77. The summed E-state index contributed by atoms with van der Waals surface area (Å²) in [4.78, 5) is 11.5. The van der Waals surface area contributed by atoms with Crippen LogP contribution >= 0.6 is 12.4 Å². The van der Waals surface area contributed by atoms with E-state index < -0.39 is 0 Å². The molecule has 0 atom stereocenters. The summed E-state index contributed by atoms with van der Waals surface area (Å²) in [6.45, 7) is 0.710. The number of hydrogen-bond acceptors (Lipinski definition) is 2. The molecular weight excluding hydrogens is 255 g/mol. The van der Waals surface area contributed by atoms with E-state index in [1.165, 1.54) is 12.1 Å². The Morgan fingerprint density at radius 3 is 2.33 bits per heavy atom. The van der Waals surface area contributed by atoms with E-state index in [1.807, 2.05) is 0 Å². The number of nitrogens with one attached hydrogen (secondary N) is 1. The molecule has 0 saturated heterocycles. The first-order valence-corrected chi connectivity index (χ1v) is 5.98. The van der Waals surface area contributed by atoms with Crippen molar-refractivity contribution in [2.45, 2.75) is 32.1 Å². The fourth-order valence-electron chi connectivity index (χ4n) is 1.54. The molecular formula is C13H20ClFN2O. The molecule has 0 fully saturated rings. The summed E-state index contributed by atoms with van der Waals surface area (Å²) in [5.41, 5.74) is 6.01. The minimum atomic E-state index is -0.301. The Bertz CT molecular complexity index is 343. The number of benzene rings is 1. The van der Waals surface area contributed by atoms with E-state index in [-0.39, 0.29) is 24.1 Å². The first kappa shape index (κ1) is 16.9. The molecule has 18 heavy (non-hydrogen) atoms. The number of amides is 1. The molecule has 1 amide bonds. The molecule has 0 spiro atoms. The summed E-state index contributed by atoms with van der Waals surface area (Å²) >= 11 is 0. The molecule has 0 saturated carbocycles. The average Bonchev–Trinajstić information content (AvgIpc) is 2.32. The van der Waals surface area contributed by atoms with Gasteiger partial charge in [-0.1, -0.05) is 12.8 Å². The van der Waals surface area contributed by atoms with Crippen LogP contribution in [-0.4, -0.2) is 12.5 Å². The maximum atomic E-state index is 12.6. The number of halogens is 2. The minimum Gasteiger partial charge on any atom is -0.330 e. The average molecular weight is 275 g/mol. The van der Waals surface area contributed by atoms with Crippen LogP contribution in [-0.2, 0) is 4.79 Å². The first-order chi connectivity index (χ1) is 8.22. The number of unbranched alkanes of at least 4 members (excludes halogenated alkanes) is 3. The highest BCUT2D eigenvalue weighted by molar-refractivity contribution is 5.90. The molecule has 0 aliphatic rings. The molecule has 1 rings (SSSR count). The zero-order valence-corrected chi connectivity index (χ0v) is 11.1. The number of rotatable bonds is 7. The predicted molar refractivity (Wildman–Crippen MR) is 74.4 cm³/mol. The first-order valence-electron chi connectivity index (χ1n) is 5.98. The molecule has 0 aromatic heterocycles. The van der Waals surface area contributed by atoms with Gasteiger partial charge in [-0.3, -0.25) is 4.79 Å². The Morgan fingerprint density at radius 1 is 1.11 bits per heavy atom. The molecule has 5 heteroatoms. The topological polar surface area (TPSA) is 55.1 Å². The molecule has 3 N–H and O–H groups in total. The lowest BCUT2D eigenvalue weighted by molar-refractivity contribution is -0.116. The lowest BCUT2D eigenvalue weighted by Crippen LogP contribution is -2.11. The monoisotopic (exact) mass is 274 g/mol. The van der Waals surface area contributed by atoms with Crippen LogP contribution in [0.5, 0.6) is 0 Å². The highest BCUT2D eigenvalue weighted by Gasteiger charge is 2.02. The number of carbonyl (C=O) groups excluding carboxylic acids is 1. The third-order valence-corrected chi connectivity index (χ3v) is 2.49.